The van der Waals surface area contributed by atoms with Gasteiger partial charge in [-0.25, -0.2) is 0 Å². The molecular formula is C18H16Cl2N2O2. The van der Waals surface area contributed by atoms with Crippen LogP contribution < -0.4 is 10.6 Å². The van der Waals surface area contributed by atoms with Crippen molar-refractivity contribution in [3.8, 4) is 0 Å². The van der Waals surface area contributed by atoms with Crippen LogP contribution >= 0.6 is 23.2 Å². The molecule has 2 aromatic carbocycles. The number of hydrogen-bond donors (Lipinski definition) is 2. The van der Waals surface area contributed by atoms with Crippen LogP contribution in [0.4, 0.5) is 11.4 Å². The smallest absolute Gasteiger partial charge is 0.240 e. The predicted molar refractivity (Wildman–Crippen MR) is 96.6 cm³/mol. The van der Waals surface area contributed by atoms with Crippen molar-refractivity contribution in [1.82, 2.24) is 0 Å². The summed E-state index contributed by atoms with van der Waals surface area (Å²) in [5.41, 5.74) is 1.13. The van der Waals surface area contributed by atoms with Crippen molar-refractivity contribution >= 4 is 46.4 Å². The lowest BCUT2D eigenvalue weighted by Gasteiger charge is -2.16. The second-order valence-corrected chi connectivity index (χ2v) is 6.82. The Hall–Kier alpha value is -2.04. The normalized spacial score (nSPS) is 14.8. The minimum atomic E-state index is -1.05. The summed E-state index contributed by atoms with van der Waals surface area (Å²) in [6.45, 7) is 1.97. The summed E-state index contributed by atoms with van der Waals surface area (Å²) >= 11 is 12.0. The van der Waals surface area contributed by atoms with Gasteiger partial charge in [0.1, 0.15) is 5.41 Å². The number of halogens is 2. The van der Waals surface area contributed by atoms with Crippen LogP contribution in [-0.4, -0.2) is 11.8 Å². The largest absolute Gasteiger partial charge is 0.325 e. The lowest BCUT2D eigenvalue weighted by atomic mass is 10.0. The van der Waals surface area contributed by atoms with Gasteiger partial charge in [-0.3, -0.25) is 9.59 Å². The zero-order chi connectivity index (χ0) is 17.3. The van der Waals surface area contributed by atoms with Crippen LogP contribution in [0.2, 0.25) is 10.0 Å². The number of carbonyl (C=O) groups is 2. The minimum absolute atomic E-state index is 0.304. The summed E-state index contributed by atoms with van der Waals surface area (Å²) in [5, 5.41) is 6.36. The molecule has 0 radical (unpaired) electrons. The van der Waals surface area contributed by atoms with Crippen molar-refractivity contribution < 1.29 is 9.59 Å². The Balaban J connectivity index is 1.72. The van der Waals surface area contributed by atoms with E-state index in [0.29, 0.717) is 34.3 Å². The van der Waals surface area contributed by atoms with E-state index in [9.17, 15) is 9.59 Å². The van der Waals surface area contributed by atoms with Crippen LogP contribution in [0.15, 0.2) is 42.5 Å². The first-order valence-corrected chi connectivity index (χ1v) is 8.31. The number of aryl methyl sites for hydroxylation is 1. The number of benzene rings is 2. The number of carbonyl (C=O) groups excluding carboxylic acids is 2. The molecule has 4 nitrogen and oxygen atoms in total. The fraction of sp³-hybridized carbons (Fsp3) is 0.222. The average Bonchev–Trinajstić information content (AvgIpc) is 3.35. The lowest BCUT2D eigenvalue weighted by Crippen LogP contribution is -2.35. The molecule has 2 N–H and O–H groups in total. The van der Waals surface area contributed by atoms with Crippen molar-refractivity contribution in [2.24, 2.45) is 5.41 Å². The van der Waals surface area contributed by atoms with E-state index >= 15 is 0 Å². The van der Waals surface area contributed by atoms with E-state index in [-0.39, 0.29) is 11.8 Å². The molecule has 1 fully saturated rings. The summed E-state index contributed by atoms with van der Waals surface area (Å²) in [4.78, 5) is 25.1. The van der Waals surface area contributed by atoms with Gasteiger partial charge in [-0.15, -0.1) is 0 Å². The first-order chi connectivity index (χ1) is 11.4. The molecule has 0 atom stereocenters. The van der Waals surface area contributed by atoms with E-state index in [4.69, 9.17) is 23.2 Å². The van der Waals surface area contributed by atoms with Crippen molar-refractivity contribution in [3.05, 3.63) is 58.1 Å². The molecule has 1 aliphatic rings. The maximum atomic E-state index is 12.6. The van der Waals surface area contributed by atoms with E-state index in [1.807, 2.05) is 31.2 Å². The maximum Gasteiger partial charge on any atom is 0.240 e. The van der Waals surface area contributed by atoms with Gasteiger partial charge in [0.25, 0.3) is 0 Å². The first kappa shape index (κ1) is 16.8. The highest BCUT2D eigenvalue weighted by Crippen LogP contribution is 2.47. The Labute approximate surface area is 150 Å². The van der Waals surface area contributed by atoms with Crippen molar-refractivity contribution in [2.75, 3.05) is 10.6 Å². The van der Waals surface area contributed by atoms with Crippen molar-refractivity contribution in [1.29, 1.82) is 0 Å². The molecule has 2 amide bonds. The molecule has 0 spiro atoms. The van der Waals surface area contributed by atoms with Gasteiger partial charge in [0.15, 0.2) is 0 Å². The van der Waals surface area contributed by atoms with Gasteiger partial charge in [-0.2, -0.15) is 0 Å². The van der Waals surface area contributed by atoms with E-state index in [0.717, 1.165) is 5.56 Å². The van der Waals surface area contributed by atoms with Crippen LogP contribution in [0, 0.1) is 12.3 Å². The SMILES string of the molecule is Cc1ccc(NC(=O)C2(C(=O)Nc3cc(Cl)ccc3Cl)CC2)cc1. The Morgan fingerprint density at radius 1 is 0.958 bits per heavy atom. The average molecular weight is 363 g/mol. The van der Waals surface area contributed by atoms with E-state index in [2.05, 4.69) is 10.6 Å². The van der Waals surface area contributed by atoms with Crippen LogP contribution in [0.3, 0.4) is 0 Å². The monoisotopic (exact) mass is 362 g/mol. The van der Waals surface area contributed by atoms with Crippen LogP contribution in [0.5, 0.6) is 0 Å². The van der Waals surface area contributed by atoms with E-state index in [1.165, 1.54) is 0 Å². The van der Waals surface area contributed by atoms with Crippen LogP contribution in [0.1, 0.15) is 18.4 Å². The van der Waals surface area contributed by atoms with E-state index < -0.39 is 5.41 Å². The molecule has 1 aliphatic carbocycles. The molecule has 2 aromatic rings. The Kier molecular flexibility index (Phi) is 4.52. The Morgan fingerprint density at radius 2 is 1.58 bits per heavy atom. The quantitative estimate of drug-likeness (QED) is 0.777. The third-order valence-electron chi connectivity index (χ3n) is 4.11. The Bertz CT molecular complexity index is 799. The van der Waals surface area contributed by atoms with Gasteiger partial charge in [0.2, 0.25) is 11.8 Å². The van der Waals surface area contributed by atoms with Crippen molar-refractivity contribution in [3.63, 3.8) is 0 Å². The maximum absolute atomic E-state index is 12.6. The highest BCUT2D eigenvalue weighted by Gasteiger charge is 2.56. The molecule has 0 aromatic heterocycles. The molecule has 24 heavy (non-hydrogen) atoms. The highest BCUT2D eigenvalue weighted by molar-refractivity contribution is 6.36. The molecule has 3 rings (SSSR count). The Morgan fingerprint density at radius 3 is 2.21 bits per heavy atom. The topological polar surface area (TPSA) is 58.2 Å². The summed E-state index contributed by atoms with van der Waals surface area (Å²) in [6, 6.07) is 12.2. The fourth-order valence-electron chi connectivity index (χ4n) is 2.41. The fourth-order valence-corrected chi connectivity index (χ4v) is 2.74. The molecule has 0 bridgehead atoms. The number of anilines is 2. The van der Waals surface area contributed by atoms with Gasteiger partial charge >= 0.3 is 0 Å². The van der Waals surface area contributed by atoms with Crippen LogP contribution in [0.25, 0.3) is 0 Å². The third kappa shape index (κ3) is 3.40. The molecule has 1 saturated carbocycles. The summed E-state index contributed by atoms with van der Waals surface area (Å²) in [7, 11) is 0. The molecule has 0 saturated heterocycles. The summed E-state index contributed by atoms with van der Waals surface area (Å²) in [6.07, 6.45) is 1.02. The predicted octanol–water partition coefficient (Wildman–Crippen LogP) is 4.66. The van der Waals surface area contributed by atoms with Gasteiger partial charge in [-0.05, 0) is 50.1 Å². The standard InChI is InChI=1S/C18H16Cl2N2O2/c1-11-2-5-13(6-3-11)21-16(23)18(8-9-18)17(24)22-15-10-12(19)4-7-14(15)20/h2-7,10H,8-9H2,1H3,(H,21,23)(H,22,24). The zero-order valence-electron chi connectivity index (χ0n) is 13.0. The van der Waals surface area contributed by atoms with Crippen molar-refractivity contribution in [2.45, 2.75) is 19.8 Å². The zero-order valence-corrected chi connectivity index (χ0v) is 14.5. The highest BCUT2D eigenvalue weighted by atomic mass is 35.5. The molecular weight excluding hydrogens is 347 g/mol. The summed E-state index contributed by atoms with van der Waals surface area (Å²) in [5.74, 6) is -0.668. The van der Waals surface area contributed by atoms with Gasteiger partial charge in [0.05, 0.1) is 10.7 Å². The van der Waals surface area contributed by atoms with E-state index in [1.54, 1.807) is 18.2 Å². The van der Waals surface area contributed by atoms with Gasteiger partial charge in [-0.1, -0.05) is 40.9 Å². The molecule has 0 heterocycles. The van der Waals surface area contributed by atoms with Crippen LogP contribution in [-0.2, 0) is 9.59 Å². The number of hydrogen-bond acceptors (Lipinski definition) is 2. The minimum Gasteiger partial charge on any atom is -0.325 e. The first-order valence-electron chi connectivity index (χ1n) is 7.55. The van der Waals surface area contributed by atoms with Gasteiger partial charge in [0, 0.05) is 10.7 Å². The number of amides is 2. The number of nitrogens with one attached hydrogen (secondary N) is 2. The second-order valence-electron chi connectivity index (χ2n) is 5.98. The lowest BCUT2D eigenvalue weighted by molar-refractivity contribution is -0.131. The molecule has 0 aliphatic heterocycles. The second kappa shape index (κ2) is 6.46. The third-order valence-corrected chi connectivity index (χ3v) is 4.67. The number of rotatable bonds is 4. The molecule has 124 valence electrons. The summed E-state index contributed by atoms with van der Waals surface area (Å²) < 4.78 is 0. The van der Waals surface area contributed by atoms with Gasteiger partial charge < -0.3 is 10.6 Å². The molecule has 6 heteroatoms. The molecule has 0 unspecified atom stereocenters.